The number of hydrogen-bond acceptors (Lipinski definition) is 5. The SMILES string of the molecule is CC1(C)CN(CC(O)C2Cc3ccccc3CN2)C(=O)c2ccc(C(=O)N3CCC4(CC3)CC(O)C4)cc21.Cl. The summed E-state index contributed by atoms with van der Waals surface area (Å²) in [5.41, 5.74) is 4.54. The van der Waals surface area contributed by atoms with Gasteiger partial charge in [0.15, 0.2) is 0 Å². The first kappa shape index (κ1) is 28.1. The van der Waals surface area contributed by atoms with Gasteiger partial charge in [-0.25, -0.2) is 0 Å². The molecule has 3 heterocycles. The standard InChI is InChI=1S/C31H39N3O4.ClH/c1-30(2)19-34(18-27(36)26-14-20-5-3-4-6-22(20)17-32-26)29(38)24-8-7-21(13-25(24)30)28(37)33-11-9-31(10-12-33)15-23(35)16-31;/h3-8,13,23,26-27,32,35-36H,9-12,14-19H2,1-2H3;1H. The number of rotatable bonds is 4. The minimum absolute atomic E-state index is 0. The number of carbonyl (C=O) groups is 2. The average molecular weight is 554 g/mol. The first-order valence-electron chi connectivity index (χ1n) is 14.0. The third-order valence-electron chi connectivity index (χ3n) is 9.53. The fraction of sp³-hybridized carbons (Fsp3) is 0.548. The molecule has 1 spiro atoms. The number of hydrogen-bond donors (Lipinski definition) is 3. The molecule has 2 fully saturated rings. The normalized spacial score (nSPS) is 24.3. The molecule has 6 rings (SSSR count). The smallest absolute Gasteiger partial charge is 0.254 e. The molecule has 1 saturated heterocycles. The minimum atomic E-state index is -0.676. The molecule has 2 aromatic rings. The van der Waals surface area contributed by atoms with Crippen LogP contribution in [0.25, 0.3) is 0 Å². The zero-order chi connectivity index (χ0) is 26.7. The highest BCUT2D eigenvalue weighted by molar-refractivity contribution is 6.00. The number of amides is 2. The second kappa shape index (κ2) is 10.5. The molecule has 2 aromatic carbocycles. The highest BCUT2D eigenvalue weighted by atomic mass is 35.5. The van der Waals surface area contributed by atoms with Gasteiger partial charge in [-0.3, -0.25) is 9.59 Å². The van der Waals surface area contributed by atoms with Crippen molar-refractivity contribution in [3.8, 4) is 0 Å². The lowest BCUT2D eigenvalue weighted by Gasteiger charge is -2.50. The Balaban J connectivity index is 0.00000308. The van der Waals surface area contributed by atoms with E-state index in [0.29, 0.717) is 17.7 Å². The summed E-state index contributed by atoms with van der Waals surface area (Å²) in [6, 6.07) is 13.7. The summed E-state index contributed by atoms with van der Waals surface area (Å²) < 4.78 is 0. The monoisotopic (exact) mass is 553 g/mol. The number of aliphatic hydroxyl groups excluding tert-OH is 2. The number of carbonyl (C=O) groups excluding carboxylic acids is 2. The molecule has 4 aliphatic rings. The molecule has 3 N–H and O–H groups in total. The van der Waals surface area contributed by atoms with E-state index >= 15 is 0 Å². The van der Waals surface area contributed by atoms with Gasteiger partial charge >= 0.3 is 0 Å². The molecule has 2 amide bonds. The Labute approximate surface area is 237 Å². The summed E-state index contributed by atoms with van der Waals surface area (Å²) in [5, 5.41) is 24.3. The van der Waals surface area contributed by atoms with Crippen LogP contribution in [0, 0.1) is 5.41 Å². The maximum Gasteiger partial charge on any atom is 0.254 e. The molecule has 1 aliphatic carbocycles. The molecule has 210 valence electrons. The fourth-order valence-electron chi connectivity index (χ4n) is 7.19. The molecule has 0 bridgehead atoms. The predicted molar refractivity (Wildman–Crippen MR) is 152 cm³/mol. The van der Waals surface area contributed by atoms with Crippen LogP contribution in [0.15, 0.2) is 42.5 Å². The number of β-amino-alcohol motifs (C(OH)–C–C–N with tert-alkyl or cyclic N) is 1. The Morgan fingerprint density at radius 2 is 1.79 bits per heavy atom. The topological polar surface area (TPSA) is 93.1 Å². The maximum absolute atomic E-state index is 13.5. The third-order valence-corrected chi connectivity index (χ3v) is 9.53. The summed E-state index contributed by atoms with van der Waals surface area (Å²) >= 11 is 0. The van der Waals surface area contributed by atoms with Crippen LogP contribution < -0.4 is 5.32 Å². The summed E-state index contributed by atoms with van der Waals surface area (Å²) in [5.74, 6) is -0.0654. The Bertz CT molecular complexity index is 1250. The van der Waals surface area contributed by atoms with Gasteiger partial charge in [-0.15, -0.1) is 12.4 Å². The molecule has 39 heavy (non-hydrogen) atoms. The van der Waals surface area contributed by atoms with Crippen LogP contribution >= 0.6 is 12.4 Å². The number of aliphatic hydroxyl groups is 2. The summed E-state index contributed by atoms with van der Waals surface area (Å²) in [6.07, 6.45) is 3.51. The fourth-order valence-corrected chi connectivity index (χ4v) is 7.19. The van der Waals surface area contributed by atoms with E-state index in [2.05, 4.69) is 31.3 Å². The van der Waals surface area contributed by atoms with Crippen molar-refractivity contribution in [3.05, 3.63) is 70.3 Å². The first-order chi connectivity index (χ1) is 18.1. The largest absolute Gasteiger partial charge is 0.393 e. The van der Waals surface area contributed by atoms with Gasteiger partial charge in [0.25, 0.3) is 11.8 Å². The van der Waals surface area contributed by atoms with Crippen molar-refractivity contribution in [2.24, 2.45) is 5.41 Å². The summed E-state index contributed by atoms with van der Waals surface area (Å²) in [6.45, 7) is 7.13. The van der Waals surface area contributed by atoms with Crippen molar-refractivity contribution in [1.82, 2.24) is 15.1 Å². The van der Waals surface area contributed by atoms with Gasteiger partial charge in [-0.05, 0) is 72.4 Å². The molecule has 2 unspecified atom stereocenters. The zero-order valence-corrected chi connectivity index (χ0v) is 23.7. The Kier molecular flexibility index (Phi) is 7.57. The molecule has 0 aromatic heterocycles. The minimum Gasteiger partial charge on any atom is -0.393 e. The molecule has 7 nitrogen and oxygen atoms in total. The number of nitrogens with one attached hydrogen (secondary N) is 1. The lowest BCUT2D eigenvalue weighted by atomic mass is 9.61. The Hall–Kier alpha value is -2.45. The van der Waals surface area contributed by atoms with Gasteiger partial charge in [0.05, 0.1) is 12.2 Å². The van der Waals surface area contributed by atoms with Crippen LogP contribution in [0.4, 0.5) is 0 Å². The van der Waals surface area contributed by atoms with Crippen LogP contribution in [-0.4, -0.2) is 76.3 Å². The van der Waals surface area contributed by atoms with Gasteiger partial charge < -0.3 is 25.3 Å². The number of likely N-dealkylation sites (tertiary alicyclic amines) is 1. The van der Waals surface area contributed by atoms with Crippen LogP contribution in [-0.2, 0) is 18.4 Å². The van der Waals surface area contributed by atoms with Gasteiger partial charge in [0, 0.05) is 55.3 Å². The molecular formula is C31H40ClN3O4. The van der Waals surface area contributed by atoms with E-state index in [1.165, 1.54) is 11.1 Å². The van der Waals surface area contributed by atoms with E-state index in [0.717, 1.165) is 57.3 Å². The van der Waals surface area contributed by atoms with Crippen molar-refractivity contribution >= 4 is 24.2 Å². The van der Waals surface area contributed by atoms with Crippen molar-refractivity contribution in [2.45, 2.75) is 76.2 Å². The number of benzene rings is 2. The van der Waals surface area contributed by atoms with E-state index in [1.54, 1.807) is 17.0 Å². The van der Waals surface area contributed by atoms with Crippen LogP contribution in [0.1, 0.15) is 76.9 Å². The number of halogens is 1. The second-order valence-electron chi connectivity index (χ2n) is 12.7. The zero-order valence-electron chi connectivity index (χ0n) is 22.9. The maximum atomic E-state index is 13.5. The Morgan fingerprint density at radius 1 is 1.10 bits per heavy atom. The van der Waals surface area contributed by atoms with E-state index in [9.17, 15) is 19.8 Å². The van der Waals surface area contributed by atoms with Gasteiger partial charge in [-0.2, -0.15) is 0 Å². The van der Waals surface area contributed by atoms with Crippen molar-refractivity contribution in [3.63, 3.8) is 0 Å². The van der Waals surface area contributed by atoms with Gasteiger partial charge in [-0.1, -0.05) is 38.1 Å². The van der Waals surface area contributed by atoms with Crippen molar-refractivity contribution in [1.29, 1.82) is 0 Å². The molecule has 3 aliphatic heterocycles. The van der Waals surface area contributed by atoms with E-state index in [1.807, 2.05) is 23.1 Å². The molecule has 8 heteroatoms. The number of fused-ring (bicyclic) bond motifs is 2. The van der Waals surface area contributed by atoms with Gasteiger partial charge in [0.1, 0.15) is 0 Å². The quantitative estimate of drug-likeness (QED) is 0.540. The van der Waals surface area contributed by atoms with Gasteiger partial charge in [0.2, 0.25) is 0 Å². The predicted octanol–water partition coefficient (Wildman–Crippen LogP) is 3.29. The van der Waals surface area contributed by atoms with Crippen LogP contribution in [0.5, 0.6) is 0 Å². The number of nitrogens with zero attached hydrogens (tertiary/aromatic N) is 2. The van der Waals surface area contributed by atoms with Crippen molar-refractivity contribution in [2.75, 3.05) is 26.2 Å². The van der Waals surface area contributed by atoms with Crippen LogP contribution in [0.3, 0.4) is 0 Å². The van der Waals surface area contributed by atoms with Crippen molar-refractivity contribution < 1.29 is 19.8 Å². The molecule has 2 atom stereocenters. The highest BCUT2D eigenvalue weighted by Gasteiger charge is 2.46. The molecule has 1 saturated carbocycles. The number of piperidine rings is 1. The lowest BCUT2D eigenvalue weighted by molar-refractivity contribution is -0.0637. The first-order valence-corrected chi connectivity index (χ1v) is 14.0. The summed E-state index contributed by atoms with van der Waals surface area (Å²) in [4.78, 5) is 30.6. The van der Waals surface area contributed by atoms with E-state index in [4.69, 9.17) is 0 Å². The third kappa shape index (κ3) is 5.22. The lowest BCUT2D eigenvalue weighted by Crippen LogP contribution is -2.54. The Morgan fingerprint density at radius 3 is 2.49 bits per heavy atom. The molecular weight excluding hydrogens is 514 g/mol. The second-order valence-corrected chi connectivity index (χ2v) is 12.7. The van der Waals surface area contributed by atoms with E-state index < -0.39 is 6.10 Å². The van der Waals surface area contributed by atoms with Crippen LogP contribution in [0.2, 0.25) is 0 Å². The molecule has 0 radical (unpaired) electrons. The average Bonchev–Trinajstić information content (AvgIpc) is 2.90. The summed E-state index contributed by atoms with van der Waals surface area (Å²) in [7, 11) is 0. The van der Waals surface area contributed by atoms with E-state index in [-0.39, 0.29) is 53.7 Å². The highest BCUT2D eigenvalue weighted by Crippen LogP contribution is 2.49.